The Morgan fingerprint density at radius 2 is 2.27 bits per heavy atom. The highest BCUT2D eigenvalue weighted by atomic mass is 16.3. The first-order valence-electron chi connectivity index (χ1n) is 4.11. The molecule has 0 aliphatic rings. The van der Waals surface area contributed by atoms with Crippen LogP contribution in [-0.2, 0) is 6.42 Å². The fourth-order valence-corrected chi connectivity index (χ4v) is 1.19. The highest BCUT2D eigenvalue weighted by molar-refractivity contribution is 5.20. The molecule has 1 unspecified atom stereocenters. The van der Waals surface area contributed by atoms with Gasteiger partial charge in [0.25, 0.3) is 0 Å². The van der Waals surface area contributed by atoms with Gasteiger partial charge in [0.05, 0.1) is 6.26 Å². The first kappa shape index (κ1) is 8.34. The van der Waals surface area contributed by atoms with Gasteiger partial charge in [-0.3, -0.25) is 0 Å². The third-order valence-corrected chi connectivity index (χ3v) is 1.94. The van der Waals surface area contributed by atoms with Crippen molar-refractivity contribution < 1.29 is 4.42 Å². The standard InChI is InChI=1S/C9H15NO/c1-3-8(10)7-5-6-11-9(7)4-2/h5-6,8H,3-4,10H2,1-2H3. The van der Waals surface area contributed by atoms with Crippen molar-refractivity contribution in [2.24, 2.45) is 5.73 Å². The van der Waals surface area contributed by atoms with E-state index in [1.165, 1.54) is 0 Å². The van der Waals surface area contributed by atoms with Crippen LogP contribution in [0.5, 0.6) is 0 Å². The highest BCUT2D eigenvalue weighted by Crippen LogP contribution is 2.19. The van der Waals surface area contributed by atoms with Crippen LogP contribution in [-0.4, -0.2) is 0 Å². The molecular weight excluding hydrogens is 138 g/mol. The van der Waals surface area contributed by atoms with Gasteiger partial charge in [-0.05, 0) is 12.5 Å². The van der Waals surface area contributed by atoms with E-state index >= 15 is 0 Å². The molecule has 2 N–H and O–H groups in total. The van der Waals surface area contributed by atoms with Gasteiger partial charge in [0.2, 0.25) is 0 Å². The van der Waals surface area contributed by atoms with Gasteiger partial charge in [0, 0.05) is 18.0 Å². The lowest BCUT2D eigenvalue weighted by Gasteiger charge is -2.06. The predicted octanol–water partition coefficient (Wildman–Crippen LogP) is 2.25. The number of nitrogens with two attached hydrogens (primary N) is 1. The molecule has 2 nitrogen and oxygen atoms in total. The van der Waals surface area contributed by atoms with E-state index < -0.39 is 0 Å². The van der Waals surface area contributed by atoms with Gasteiger partial charge in [-0.2, -0.15) is 0 Å². The Morgan fingerprint density at radius 1 is 1.55 bits per heavy atom. The SMILES string of the molecule is CCc1occc1C(N)CC. The molecule has 2 heteroatoms. The Balaban J connectivity index is 2.83. The van der Waals surface area contributed by atoms with E-state index in [2.05, 4.69) is 13.8 Å². The van der Waals surface area contributed by atoms with Gasteiger partial charge in [0.15, 0.2) is 0 Å². The summed E-state index contributed by atoms with van der Waals surface area (Å²) in [5, 5.41) is 0. The third kappa shape index (κ3) is 1.63. The van der Waals surface area contributed by atoms with Crippen LogP contribution in [0.1, 0.15) is 37.6 Å². The van der Waals surface area contributed by atoms with E-state index in [0.717, 1.165) is 24.2 Å². The molecule has 1 aromatic heterocycles. The Morgan fingerprint density at radius 3 is 2.82 bits per heavy atom. The minimum absolute atomic E-state index is 0.142. The summed E-state index contributed by atoms with van der Waals surface area (Å²) in [4.78, 5) is 0. The minimum Gasteiger partial charge on any atom is -0.469 e. The number of furan rings is 1. The maximum absolute atomic E-state index is 5.86. The molecule has 62 valence electrons. The summed E-state index contributed by atoms with van der Waals surface area (Å²) < 4.78 is 5.26. The van der Waals surface area contributed by atoms with Crippen molar-refractivity contribution in [2.75, 3.05) is 0 Å². The molecule has 0 saturated carbocycles. The maximum atomic E-state index is 5.86. The van der Waals surface area contributed by atoms with Gasteiger partial charge in [-0.25, -0.2) is 0 Å². The van der Waals surface area contributed by atoms with Crippen LogP contribution >= 0.6 is 0 Å². The highest BCUT2D eigenvalue weighted by Gasteiger charge is 2.09. The van der Waals surface area contributed by atoms with E-state index in [-0.39, 0.29) is 6.04 Å². The molecule has 0 aromatic carbocycles. The largest absolute Gasteiger partial charge is 0.469 e. The summed E-state index contributed by atoms with van der Waals surface area (Å²) in [7, 11) is 0. The Bertz CT molecular complexity index is 217. The van der Waals surface area contributed by atoms with Crippen molar-refractivity contribution >= 4 is 0 Å². The molecule has 1 heterocycles. The van der Waals surface area contributed by atoms with Gasteiger partial charge in [0.1, 0.15) is 5.76 Å². The van der Waals surface area contributed by atoms with Crippen LogP contribution in [0.4, 0.5) is 0 Å². The van der Waals surface area contributed by atoms with E-state index in [1.54, 1.807) is 6.26 Å². The number of aryl methyl sites for hydroxylation is 1. The molecule has 0 radical (unpaired) electrons. The van der Waals surface area contributed by atoms with Crippen molar-refractivity contribution in [1.82, 2.24) is 0 Å². The zero-order valence-corrected chi connectivity index (χ0v) is 7.13. The smallest absolute Gasteiger partial charge is 0.108 e. The van der Waals surface area contributed by atoms with Crippen LogP contribution in [0.25, 0.3) is 0 Å². The molecule has 1 aromatic rings. The van der Waals surface area contributed by atoms with Crippen molar-refractivity contribution in [3.8, 4) is 0 Å². The summed E-state index contributed by atoms with van der Waals surface area (Å²) in [6, 6.07) is 2.11. The summed E-state index contributed by atoms with van der Waals surface area (Å²) >= 11 is 0. The quantitative estimate of drug-likeness (QED) is 0.723. The minimum atomic E-state index is 0.142. The Labute approximate surface area is 67.4 Å². The van der Waals surface area contributed by atoms with E-state index in [4.69, 9.17) is 10.2 Å². The molecule has 0 amide bonds. The van der Waals surface area contributed by atoms with Crippen molar-refractivity contribution in [2.45, 2.75) is 32.7 Å². The van der Waals surface area contributed by atoms with Crippen LogP contribution in [0.15, 0.2) is 16.7 Å². The normalized spacial score (nSPS) is 13.4. The Kier molecular flexibility index (Phi) is 2.71. The molecule has 0 fully saturated rings. The van der Waals surface area contributed by atoms with Gasteiger partial charge < -0.3 is 10.2 Å². The summed E-state index contributed by atoms with van der Waals surface area (Å²) in [6.07, 6.45) is 3.60. The number of hydrogen-bond donors (Lipinski definition) is 1. The third-order valence-electron chi connectivity index (χ3n) is 1.94. The first-order chi connectivity index (χ1) is 5.29. The molecule has 0 aliphatic heterocycles. The topological polar surface area (TPSA) is 39.2 Å². The fraction of sp³-hybridized carbons (Fsp3) is 0.556. The van der Waals surface area contributed by atoms with Crippen molar-refractivity contribution in [3.63, 3.8) is 0 Å². The van der Waals surface area contributed by atoms with E-state index in [0.29, 0.717) is 0 Å². The molecule has 0 aliphatic carbocycles. The molecule has 0 saturated heterocycles. The molecular formula is C9H15NO. The lowest BCUT2D eigenvalue weighted by molar-refractivity contribution is 0.504. The van der Waals surface area contributed by atoms with Gasteiger partial charge >= 0.3 is 0 Å². The van der Waals surface area contributed by atoms with Gasteiger partial charge in [-0.15, -0.1) is 0 Å². The predicted molar refractivity (Wildman–Crippen MR) is 45.3 cm³/mol. The van der Waals surface area contributed by atoms with Gasteiger partial charge in [-0.1, -0.05) is 13.8 Å². The van der Waals surface area contributed by atoms with E-state index in [1.807, 2.05) is 6.07 Å². The Hall–Kier alpha value is -0.760. The monoisotopic (exact) mass is 153 g/mol. The zero-order valence-electron chi connectivity index (χ0n) is 7.13. The van der Waals surface area contributed by atoms with Crippen LogP contribution < -0.4 is 5.73 Å². The summed E-state index contributed by atoms with van der Waals surface area (Å²) in [5.41, 5.74) is 7.02. The molecule has 1 atom stereocenters. The molecule has 11 heavy (non-hydrogen) atoms. The molecule has 0 spiro atoms. The lowest BCUT2D eigenvalue weighted by atomic mass is 10.1. The average molecular weight is 153 g/mol. The average Bonchev–Trinajstić information content (AvgIpc) is 2.50. The lowest BCUT2D eigenvalue weighted by Crippen LogP contribution is -2.09. The first-order valence-corrected chi connectivity index (χ1v) is 4.11. The number of hydrogen-bond acceptors (Lipinski definition) is 2. The molecule has 0 bridgehead atoms. The second-order valence-corrected chi connectivity index (χ2v) is 2.67. The fourth-order valence-electron chi connectivity index (χ4n) is 1.19. The molecule has 1 rings (SSSR count). The van der Waals surface area contributed by atoms with Crippen LogP contribution in [0, 0.1) is 0 Å². The van der Waals surface area contributed by atoms with Crippen molar-refractivity contribution in [1.29, 1.82) is 0 Å². The maximum Gasteiger partial charge on any atom is 0.108 e. The van der Waals surface area contributed by atoms with Crippen LogP contribution in [0.3, 0.4) is 0 Å². The summed E-state index contributed by atoms with van der Waals surface area (Å²) in [6.45, 7) is 4.15. The van der Waals surface area contributed by atoms with Crippen molar-refractivity contribution in [3.05, 3.63) is 23.7 Å². The van der Waals surface area contributed by atoms with Crippen LogP contribution in [0.2, 0.25) is 0 Å². The van der Waals surface area contributed by atoms with E-state index in [9.17, 15) is 0 Å². The zero-order chi connectivity index (χ0) is 8.27. The second-order valence-electron chi connectivity index (χ2n) is 2.67. The summed E-state index contributed by atoms with van der Waals surface area (Å²) in [5.74, 6) is 1.03. The number of rotatable bonds is 3. The second kappa shape index (κ2) is 3.58.